The number of ether oxygens (including phenoxy) is 2. The van der Waals surface area contributed by atoms with Gasteiger partial charge in [-0.3, -0.25) is 9.59 Å². The number of esters is 2. The van der Waals surface area contributed by atoms with Gasteiger partial charge in [-0.25, -0.2) is 0 Å². The molecule has 0 heterocycles. The fraction of sp³-hybridized carbons (Fsp3) is 0.143. The number of carbonyl (C=O) groups is 2. The SMILES string of the molecule is CC(=O)Oc1cc2ccccc2c(O)c1OC(C)=O. The molecule has 98 valence electrons. The largest absolute Gasteiger partial charge is 0.504 e. The lowest BCUT2D eigenvalue weighted by Gasteiger charge is -2.12. The van der Waals surface area contributed by atoms with Crippen molar-refractivity contribution in [2.24, 2.45) is 0 Å². The highest BCUT2D eigenvalue weighted by Gasteiger charge is 2.18. The van der Waals surface area contributed by atoms with Gasteiger partial charge in [0.15, 0.2) is 11.5 Å². The van der Waals surface area contributed by atoms with Crippen molar-refractivity contribution in [2.45, 2.75) is 13.8 Å². The van der Waals surface area contributed by atoms with Crippen molar-refractivity contribution in [2.75, 3.05) is 0 Å². The summed E-state index contributed by atoms with van der Waals surface area (Å²) in [5.74, 6) is -1.55. The van der Waals surface area contributed by atoms with Crippen LogP contribution in [0.5, 0.6) is 17.2 Å². The van der Waals surface area contributed by atoms with Crippen molar-refractivity contribution in [3.05, 3.63) is 30.3 Å². The molecule has 0 bridgehead atoms. The monoisotopic (exact) mass is 260 g/mol. The first-order chi connectivity index (χ1) is 8.99. The van der Waals surface area contributed by atoms with Gasteiger partial charge in [0.05, 0.1) is 0 Å². The molecule has 19 heavy (non-hydrogen) atoms. The minimum Gasteiger partial charge on any atom is -0.504 e. The standard InChI is InChI=1S/C14H12O5/c1-8(15)18-12-7-10-5-3-4-6-11(10)13(17)14(12)19-9(2)16/h3-7,17H,1-2H3. The highest BCUT2D eigenvalue weighted by Crippen LogP contribution is 2.42. The van der Waals surface area contributed by atoms with Crippen molar-refractivity contribution in [3.63, 3.8) is 0 Å². The van der Waals surface area contributed by atoms with Gasteiger partial charge in [-0.05, 0) is 11.5 Å². The van der Waals surface area contributed by atoms with E-state index in [0.717, 1.165) is 0 Å². The highest BCUT2D eigenvalue weighted by molar-refractivity contribution is 5.94. The zero-order valence-electron chi connectivity index (χ0n) is 10.5. The van der Waals surface area contributed by atoms with Crippen LogP contribution in [0.25, 0.3) is 10.8 Å². The van der Waals surface area contributed by atoms with Crippen molar-refractivity contribution < 1.29 is 24.2 Å². The fourth-order valence-electron chi connectivity index (χ4n) is 1.76. The molecule has 2 rings (SSSR count). The van der Waals surface area contributed by atoms with Gasteiger partial charge >= 0.3 is 11.9 Å². The first-order valence-corrected chi connectivity index (χ1v) is 5.60. The van der Waals surface area contributed by atoms with E-state index in [4.69, 9.17) is 9.47 Å². The molecular formula is C14H12O5. The van der Waals surface area contributed by atoms with E-state index >= 15 is 0 Å². The van der Waals surface area contributed by atoms with Crippen LogP contribution in [0.1, 0.15) is 13.8 Å². The summed E-state index contributed by atoms with van der Waals surface area (Å²) in [5, 5.41) is 11.3. The number of aromatic hydroxyl groups is 1. The Morgan fingerprint density at radius 2 is 1.68 bits per heavy atom. The Hall–Kier alpha value is -2.56. The molecule has 0 aliphatic carbocycles. The Balaban J connectivity index is 2.68. The minimum atomic E-state index is -0.612. The molecule has 1 N–H and O–H groups in total. The number of rotatable bonds is 2. The predicted molar refractivity (Wildman–Crippen MR) is 68.2 cm³/mol. The third-order valence-corrected chi connectivity index (χ3v) is 2.44. The molecule has 5 nitrogen and oxygen atoms in total. The van der Waals surface area contributed by atoms with E-state index in [2.05, 4.69) is 0 Å². The van der Waals surface area contributed by atoms with Crippen molar-refractivity contribution in [3.8, 4) is 17.2 Å². The smallest absolute Gasteiger partial charge is 0.308 e. The normalized spacial score (nSPS) is 10.2. The van der Waals surface area contributed by atoms with Gasteiger partial charge in [-0.2, -0.15) is 0 Å². The van der Waals surface area contributed by atoms with E-state index in [1.165, 1.54) is 19.9 Å². The van der Waals surface area contributed by atoms with Gasteiger partial charge in [0.1, 0.15) is 0 Å². The number of hydrogen-bond acceptors (Lipinski definition) is 5. The van der Waals surface area contributed by atoms with E-state index in [1.54, 1.807) is 24.3 Å². The number of phenolic OH excluding ortho intramolecular Hbond substituents is 1. The molecule has 0 spiro atoms. The zero-order chi connectivity index (χ0) is 14.0. The average Bonchev–Trinajstić information content (AvgIpc) is 2.33. The fourth-order valence-corrected chi connectivity index (χ4v) is 1.76. The molecule has 0 atom stereocenters. The number of benzene rings is 2. The lowest BCUT2D eigenvalue weighted by molar-refractivity contribution is -0.134. The maximum absolute atomic E-state index is 11.1. The third kappa shape index (κ3) is 2.65. The second-order valence-corrected chi connectivity index (χ2v) is 3.96. The highest BCUT2D eigenvalue weighted by atomic mass is 16.6. The van der Waals surface area contributed by atoms with Gasteiger partial charge in [0.25, 0.3) is 0 Å². The quantitative estimate of drug-likeness (QED) is 0.663. The summed E-state index contributed by atoms with van der Waals surface area (Å²) in [6.45, 7) is 2.43. The predicted octanol–water partition coefficient (Wildman–Crippen LogP) is 2.40. The topological polar surface area (TPSA) is 72.8 Å². The minimum absolute atomic E-state index is 0.0129. The molecule has 0 saturated heterocycles. The molecule has 0 unspecified atom stereocenters. The molecule has 0 fully saturated rings. The van der Waals surface area contributed by atoms with E-state index in [1.807, 2.05) is 0 Å². The molecule has 0 saturated carbocycles. The summed E-state index contributed by atoms with van der Waals surface area (Å²) in [6.07, 6.45) is 0. The Bertz CT molecular complexity index is 660. The van der Waals surface area contributed by atoms with Crippen LogP contribution < -0.4 is 9.47 Å². The molecule has 2 aromatic rings. The maximum atomic E-state index is 11.1. The van der Waals surface area contributed by atoms with Gasteiger partial charge < -0.3 is 14.6 Å². The molecule has 0 aromatic heterocycles. The molecule has 0 aliphatic heterocycles. The van der Waals surface area contributed by atoms with Crippen LogP contribution in [0, 0.1) is 0 Å². The maximum Gasteiger partial charge on any atom is 0.308 e. The average molecular weight is 260 g/mol. The first-order valence-electron chi connectivity index (χ1n) is 5.60. The van der Waals surface area contributed by atoms with Crippen LogP contribution in [-0.4, -0.2) is 17.0 Å². The summed E-state index contributed by atoms with van der Waals surface area (Å²) in [4.78, 5) is 22.1. The molecule has 2 aromatic carbocycles. The second kappa shape index (κ2) is 4.97. The molecule has 0 amide bonds. The summed E-state index contributed by atoms with van der Waals surface area (Å²) in [6, 6.07) is 8.49. The molecule has 0 radical (unpaired) electrons. The Morgan fingerprint density at radius 3 is 2.32 bits per heavy atom. The van der Waals surface area contributed by atoms with Crippen LogP contribution in [-0.2, 0) is 9.59 Å². The lowest BCUT2D eigenvalue weighted by atomic mass is 10.1. The Kier molecular flexibility index (Phi) is 3.37. The summed E-state index contributed by atoms with van der Waals surface area (Å²) < 4.78 is 9.88. The van der Waals surface area contributed by atoms with E-state index in [9.17, 15) is 14.7 Å². The van der Waals surface area contributed by atoms with Crippen LogP contribution in [0.2, 0.25) is 0 Å². The number of hydrogen-bond donors (Lipinski definition) is 1. The van der Waals surface area contributed by atoms with Gasteiger partial charge in [-0.15, -0.1) is 0 Å². The van der Waals surface area contributed by atoms with Crippen molar-refractivity contribution >= 4 is 22.7 Å². The number of carbonyl (C=O) groups excluding carboxylic acids is 2. The third-order valence-electron chi connectivity index (χ3n) is 2.44. The number of fused-ring (bicyclic) bond motifs is 1. The summed E-state index contributed by atoms with van der Waals surface area (Å²) in [7, 11) is 0. The first kappa shape index (κ1) is 12.9. The molecule has 5 heteroatoms. The van der Waals surface area contributed by atoms with E-state index in [0.29, 0.717) is 10.8 Å². The Morgan fingerprint density at radius 1 is 1.05 bits per heavy atom. The van der Waals surface area contributed by atoms with Crippen molar-refractivity contribution in [1.29, 1.82) is 0 Å². The molecule has 0 aliphatic rings. The van der Waals surface area contributed by atoms with Crippen LogP contribution in [0.4, 0.5) is 0 Å². The second-order valence-electron chi connectivity index (χ2n) is 3.96. The zero-order valence-corrected chi connectivity index (χ0v) is 10.5. The lowest BCUT2D eigenvalue weighted by Crippen LogP contribution is -2.07. The van der Waals surface area contributed by atoms with Gasteiger partial charge in [0.2, 0.25) is 5.75 Å². The van der Waals surface area contributed by atoms with E-state index < -0.39 is 11.9 Å². The van der Waals surface area contributed by atoms with Gasteiger partial charge in [-0.1, -0.05) is 24.3 Å². The Labute approximate surface area is 109 Å². The summed E-state index contributed by atoms with van der Waals surface area (Å²) >= 11 is 0. The van der Waals surface area contributed by atoms with E-state index in [-0.39, 0.29) is 17.2 Å². The number of phenols is 1. The van der Waals surface area contributed by atoms with Crippen LogP contribution >= 0.6 is 0 Å². The summed E-state index contributed by atoms with van der Waals surface area (Å²) in [5.41, 5.74) is 0. The van der Waals surface area contributed by atoms with Crippen molar-refractivity contribution in [1.82, 2.24) is 0 Å². The van der Waals surface area contributed by atoms with Crippen LogP contribution in [0.3, 0.4) is 0 Å². The van der Waals surface area contributed by atoms with Gasteiger partial charge in [0, 0.05) is 19.2 Å². The van der Waals surface area contributed by atoms with Crippen LogP contribution in [0.15, 0.2) is 30.3 Å². The molecular weight excluding hydrogens is 248 g/mol.